The van der Waals surface area contributed by atoms with Crippen molar-refractivity contribution in [1.82, 2.24) is 10.6 Å². The largest absolute Gasteiger partial charge is 0.327 e. The molecule has 1 unspecified atom stereocenters. The molecule has 25 heavy (non-hydrogen) atoms. The molecule has 0 spiro atoms. The minimum atomic E-state index is -0.489. The Hall–Kier alpha value is -2.59. The molecule has 2 aromatic carbocycles. The number of amides is 2. The zero-order chi connectivity index (χ0) is 18.1. The van der Waals surface area contributed by atoms with Crippen LogP contribution in [0.4, 0.5) is 4.79 Å². The number of carbonyl (C=O) groups is 2. The number of Topliss-reactive ketones (excluding diaryl/α,β-unsaturated/α-hetero) is 1. The van der Waals surface area contributed by atoms with Crippen LogP contribution in [0, 0.1) is 13.8 Å². The molecule has 1 aliphatic rings. The first-order valence-corrected chi connectivity index (χ1v) is 8.40. The summed E-state index contributed by atoms with van der Waals surface area (Å²) in [6.45, 7) is 5.71. The van der Waals surface area contributed by atoms with Gasteiger partial charge < -0.3 is 10.6 Å². The molecular formula is C20H19ClN2O2. The van der Waals surface area contributed by atoms with Gasteiger partial charge in [0.2, 0.25) is 0 Å². The molecule has 0 aliphatic carbocycles. The Labute approximate surface area is 151 Å². The number of carbonyl (C=O) groups excluding carboxylic acids is 2. The van der Waals surface area contributed by atoms with Crippen molar-refractivity contribution in [2.75, 3.05) is 0 Å². The maximum absolute atomic E-state index is 13.1. The number of benzene rings is 2. The smallest absolute Gasteiger partial charge is 0.319 e. The summed E-state index contributed by atoms with van der Waals surface area (Å²) in [6, 6.07) is 12.0. The van der Waals surface area contributed by atoms with Gasteiger partial charge in [-0.3, -0.25) is 4.79 Å². The number of aryl methyl sites for hydroxylation is 2. The molecule has 1 atom stereocenters. The quantitative estimate of drug-likeness (QED) is 0.799. The van der Waals surface area contributed by atoms with Gasteiger partial charge in [0, 0.05) is 21.9 Å². The molecule has 2 amide bonds. The van der Waals surface area contributed by atoms with Crippen LogP contribution in [0.3, 0.4) is 0 Å². The van der Waals surface area contributed by atoms with Gasteiger partial charge in [0.25, 0.3) is 0 Å². The number of urea groups is 1. The van der Waals surface area contributed by atoms with Gasteiger partial charge in [0.1, 0.15) is 0 Å². The lowest BCUT2D eigenvalue weighted by Gasteiger charge is -2.30. The predicted molar refractivity (Wildman–Crippen MR) is 98.8 cm³/mol. The minimum absolute atomic E-state index is 0.132. The highest BCUT2D eigenvalue weighted by Gasteiger charge is 2.32. The van der Waals surface area contributed by atoms with Gasteiger partial charge in [-0.15, -0.1) is 0 Å². The van der Waals surface area contributed by atoms with E-state index in [4.69, 9.17) is 11.6 Å². The first kappa shape index (κ1) is 17.2. The number of ketones is 1. The van der Waals surface area contributed by atoms with Crippen molar-refractivity contribution in [2.24, 2.45) is 0 Å². The standard InChI is InChI=1S/C20H19ClN2O2/c1-11-4-5-12(2)16(10-11)18-17(13(3)22-20(25)23-18)19(24)14-6-8-15(21)9-7-14/h4-10,18H,1-3H3,(H2,22,23,25). The fraction of sp³-hybridized carbons (Fsp3) is 0.200. The Balaban J connectivity index is 2.11. The molecule has 2 aromatic rings. The van der Waals surface area contributed by atoms with Crippen molar-refractivity contribution >= 4 is 23.4 Å². The highest BCUT2D eigenvalue weighted by atomic mass is 35.5. The molecular weight excluding hydrogens is 336 g/mol. The molecule has 0 saturated heterocycles. The van der Waals surface area contributed by atoms with Crippen LogP contribution in [-0.2, 0) is 0 Å². The summed E-state index contributed by atoms with van der Waals surface area (Å²) in [5.41, 5.74) is 4.65. The van der Waals surface area contributed by atoms with Crippen LogP contribution in [0.15, 0.2) is 53.7 Å². The Morgan fingerprint density at radius 2 is 1.72 bits per heavy atom. The van der Waals surface area contributed by atoms with Crippen molar-refractivity contribution in [1.29, 1.82) is 0 Å². The molecule has 0 fully saturated rings. The second-order valence-corrected chi connectivity index (χ2v) is 6.70. The van der Waals surface area contributed by atoms with Gasteiger partial charge >= 0.3 is 6.03 Å². The van der Waals surface area contributed by atoms with E-state index < -0.39 is 6.04 Å². The number of allylic oxidation sites excluding steroid dienone is 1. The maximum atomic E-state index is 13.1. The van der Waals surface area contributed by atoms with Crippen molar-refractivity contribution in [3.8, 4) is 0 Å². The zero-order valence-electron chi connectivity index (χ0n) is 14.3. The predicted octanol–water partition coefficient (Wildman–Crippen LogP) is 4.47. The molecule has 128 valence electrons. The molecule has 0 saturated carbocycles. The van der Waals surface area contributed by atoms with E-state index in [0.717, 1.165) is 16.7 Å². The van der Waals surface area contributed by atoms with Gasteiger partial charge in [-0.05, 0) is 56.2 Å². The molecule has 0 radical (unpaired) electrons. The van der Waals surface area contributed by atoms with E-state index in [1.807, 2.05) is 32.0 Å². The Morgan fingerprint density at radius 1 is 1.04 bits per heavy atom. The van der Waals surface area contributed by atoms with E-state index in [-0.39, 0.29) is 11.8 Å². The van der Waals surface area contributed by atoms with E-state index in [9.17, 15) is 9.59 Å². The topological polar surface area (TPSA) is 58.2 Å². The van der Waals surface area contributed by atoms with Gasteiger partial charge in [0.15, 0.2) is 5.78 Å². The molecule has 4 nitrogen and oxygen atoms in total. The average Bonchev–Trinajstić information content (AvgIpc) is 2.56. The molecule has 3 rings (SSSR count). The molecule has 2 N–H and O–H groups in total. The van der Waals surface area contributed by atoms with Crippen LogP contribution in [0.2, 0.25) is 5.02 Å². The van der Waals surface area contributed by atoms with Crippen molar-refractivity contribution in [3.63, 3.8) is 0 Å². The zero-order valence-corrected chi connectivity index (χ0v) is 15.1. The summed E-state index contributed by atoms with van der Waals surface area (Å²) < 4.78 is 0. The van der Waals surface area contributed by atoms with Gasteiger partial charge in [-0.2, -0.15) is 0 Å². The Bertz CT molecular complexity index is 885. The van der Waals surface area contributed by atoms with Crippen LogP contribution < -0.4 is 10.6 Å². The first-order chi connectivity index (χ1) is 11.9. The molecule has 0 aromatic heterocycles. The van der Waals surface area contributed by atoms with Gasteiger partial charge in [-0.1, -0.05) is 35.4 Å². The van der Waals surface area contributed by atoms with E-state index in [1.165, 1.54) is 0 Å². The second-order valence-electron chi connectivity index (χ2n) is 6.27. The fourth-order valence-corrected chi connectivity index (χ4v) is 3.18. The van der Waals surface area contributed by atoms with Crippen LogP contribution in [0.1, 0.15) is 40.0 Å². The van der Waals surface area contributed by atoms with Crippen molar-refractivity contribution < 1.29 is 9.59 Å². The fourth-order valence-electron chi connectivity index (χ4n) is 3.06. The molecule has 1 heterocycles. The third-order valence-corrected chi connectivity index (χ3v) is 4.62. The van der Waals surface area contributed by atoms with Gasteiger partial charge in [-0.25, -0.2) is 4.79 Å². The number of nitrogens with one attached hydrogen (secondary N) is 2. The van der Waals surface area contributed by atoms with Crippen LogP contribution >= 0.6 is 11.6 Å². The molecule has 1 aliphatic heterocycles. The summed E-state index contributed by atoms with van der Waals surface area (Å²) in [4.78, 5) is 25.1. The summed E-state index contributed by atoms with van der Waals surface area (Å²) in [6.07, 6.45) is 0. The van der Waals surface area contributed by atoms with E-state index in [0.29, 0.717) is 21.9 Å². The van der Waals surface area contributed by atoms with E-state index in [2.05, 4.69) is 10.6 Å². The molecule has 0 bridgehead atoms. The highest BCUT2D eigenvalue weighted by Crippen LogP contribution is 2.32. The lowest BCUT2D eigenvalue weighted by molar-refractivity contribution is 0.102. The van der Waals surface area contributed by atoms with Crippen LogP contribution in [0.25, 0.3) is 0 Å². The lowest BCUT2D eigenvalue weighted by atomic mass is 9.87. The van der Waals surface area contributed by atoms with Crippen LogP contribution in [-0.4, -0.2) is 11.8 Å². The Kier molecular flexibility index (Phi) is 4.64. The maximum Gasteiger partial charge on any atom is 0.319 e. The first-order valence-electron chi connectivity index (χ1n) is 8.02. The number of hydrogen-bond donors (Lipinski definition) is 2. The number of rotatable bonds is 3. The van der Waals surface area contributed by atoms with Crippen molar-refractivity contribution in [2.45, 2.75) is 26.8 Å². The van der Waals surface area contributed by atoms with E-state index >= 15 is 0 Å². The summed E-state index contributed by atoms with van der Waals surface area (Å²) in [7, 11) is 0. The monoisotopic (exact) mass is 354 g/mol. The minimum Gasteiger partial charge on any atom is -0.327 e. The third-order valence-electron chi connectivity index (χ3n) is 4.37. The SMILES string of the molecule is CC1=C(C(=O)c2ccc(Cl)cc2)C(c2cc(C)ccc2C)NC(=O)N1. The lowest BCUT2D eigenvalue weighted by Crippen LogP contribution is -2.45. The number of halogens is 1. The van der Waals surface area contributed by atoms with E-state index in [1.54, 1.807) is 31.2 Å². The summed E-state index contributed by atoms with van der Waals surface area (Å²) >= 11 is 5.92. The molecule has 5 heteroatoms. The van der Waals surface area contributed by atoms with Gasteiger partial charge in [0.05, 0.1) is 6.04 Å². The Morgan fingerprint density at radius 3 is 2.40 bits per heavy atom. The summed E-state index contributed by atoms with van der Waals surface area (Å²) in [5, 5.41) is 6.17. The summed E-state index contributed by atoms with van der Waals surface area (Å²) in [5.74, 6) is -0.132. The van der Waals surface area contributed by atoms with Crippen molar-refractivity contribution in [3.05, 3.63) is 81.0 Å². The average molecular weight is 355 g/mol. The number of hydrogen-bond acceptors (Lipinski definition) is 2. The second kappa shape index (κ2) is 6.73. The highest BCUT2D eigenvalue weighted by molar-refractivity contribution is 6.30. The third kappa shape index (κ3) is 3.44. The van der Waals surface area contributed by atoms with Crippen LogP contribution in [0.5, 0.6) is 0 Å². The normalized spacial score (nSPS) is 17.1.